The minimum absolute atomic E-state index is 0.00476. The number of phenolic OH excluding ortho intramolecular Hbond substituents is 1. The van der Waals surface area contributed by atoms with E-state index in [1.165, 1.54) is 18.2 Å². The van der Waals surface area contributed by atoms with Crippen LogP contribution in [0.2, 0.25) is 0 Å². The summed E-state index contributed by atoms with van der Waals surface area (Å²) in [6.07, 6.45) is 1.81. The molecule has 0 spiro atoms. The number of carbonyl (C=O) groups excluding carboxylic acids is 1. The van der Waals surface area contributed by atoms with Crippen LogP contribution < -0.4 is 0 Å². The van der Waals surface area contributed by atoms with E-state index in [4.69, 9.17) is 0 Å². The predicted octanol–water partition coefficient (Wildman–Crippen LogP) is 1.47. The summed E-state index contributed by atoms with van der Waals surface area (Å²) in [5.74, 6) is -0.899. The van der Waals surface area contributed by atoms with Gasteiger partial charge < -0.3 is 14.9 Å². The average molecular weight is 293 g/mol. The van der Waals surface area contributed by atoms with Crippen molar-refractivity contribution in [3.63, 3.8) is 0 Å². The zero-order chi connectivity index (χ0) is 15.6. The summed E-state index contributed by atoms with van der Waals surface area (Å²) in [6, 6.07) is 4.11. The van der Waals surface area contributed by atoms with Gasteiger partial charge in [0.25, 0.3) is 5.91 Å². The van der Waals surface area contributed by atoms with Crippen LogP contribution in [0.3, 0.4) is 0 Å². The van der Waals surface area contributed by atoms with Crippen molar-refractivity contribution >= 4 is 11.6 Å². The van der Waals surface area contributed by atoms with Gasteiger partial charge in [0.1, 0.15) is 0 Å². The molecule has 1 aromatic carbocycles. The minimum atomic E-state index is -0.687. The maximum Gasteiger partial charge on any atom is 0.311 e. The smallest absolute Gasteiger partial charge is 0.311 e. The molecular weight excluding hydrogens is 274 g/mol. The van der Waals surface area contributed by atoms with Gasteiger partial charge in [0.15, 0.2) is 0 Å². The topological polar surface area (TPSA) is 86.9 Å². The molecule has 1 atom stereocenters. The van der Waals surface area contributed by atoms with Crippen molar-refractivity contribution in [3.05, 3.63) is 33.9 Å². The number of phenols is 1. The summed E-state index contributed by atoms with van der Waals surface area (Å²) < 4.78 is 0. The maximum absolute atomic E-state index is 12.6. The normalized spacial score (nSPS) is 18.2. The number of para-hydroxylation sites is 1. The highest BCUT2D eigenvalue weighted by atomic mass is 16.6. The Morgan fingerprint density at radius 3 is 2.86 bits per heavy atom. The third-order valence-electron chi connectivity index (χ3n) is 3.66. The van der Waals surface area contributed by atoms with Crippen molar-refractivity contribution in [2.24, 2.45) is 0 Å². The van der Waals surface area contributed by atoms with E-state index in [0.717, 1.165) is 19.4 Å². The number of likely N-dealkylation sites (tertiary alicyclic amines) is 1. The van der Waals surface area contributed by atoms with Crippen LogP contribution in [0.15, 0.2) is 18.2 Å². The molecule has 1 aliphatic rings. The Bertz CT molecular complexity index is 559. The predicted molar refractivity (Wildman–Crippen MR) is 77.4 cm³/mol. The Morgan fingerprint density at radius 2 is 2.24 bits per heavy atom. The van der Waals surface area contributed by atoms with E-state index in [1.54, 1.807) is 4.90 Å². The Balaban J connectivity index is 2.27. The second-order valence-corrected chi connectivity index (χ2v) is 5.49. The Morgan fingerprint density at radius 1 is 1.52 bits per heavy atom. The summed E-state index contributed by atoms with van der Waals surface area (Å²) in [7, 11) is 3.87. The molecule has 0 saturated carbocycles. The van der Waals surface area contributed by atoms with Gasteiger partial charge in [-0.1, -0.05) is 6.07 Å². The number of benzene rings is 1. The number of carbonyl (C=O) groups is 1. The van der Waals surface area contributed by atoms with Gasteiger partial charge >= 0.3 is 5.69 Å². The molecule has 1 aliphatic heterocycles. The molecule has 114 valence electrons. The zero-order valence-electron chi connectivity index (χ0n) is 12.2. The second-order valence-electron chi connectivity index (χ2n) is 5.49. The van der Waals surface area contributed by atoms with E-state index in [-0.39, 0.29) is 17.5 Å². The fraction of sp³-hybridized carbons (Fsp3) is 0.500. The molecule has 1 heterocycles. The molecule has 1 aromatic rings. The third kappa shape index (κ3) is 3.13. The van der Waals surface area contributed by atoms with Crippen LogP contribution in [0.25, 0.3) is 0 Å². The summed E-state index contributed by atoms with van der Waals surface area (Å²) in [5, 5.41) is 20.8. The molecule has 1 amide bonds. The third-order valence-corrected chi connectivity index (χ3v) is 3.66. The van der Waals surface area contributed by atoms with Gasteiger partial charge in [-0.25, -0.2) is 0 Å². The standard InChI is InChI=1S/C14H19N3O4/c1-15(2)9-10-5-4-8-16(10)14(19)11-6-3-7-12(13(11)18)17(20)21/h3,6-7,10,18H,4-5,8-9H2,1-2H3. The SMILES string of the molecule is CN(C)CC1CCCN1C(=O)c1cccc([N+](=O)[O-])c1O. The lowest BCUT2D eigenvalue weighted by molar-refractivity contribution is -0.385. The van der Waals surface area contributed by atoms with Crippen LogP contribution in [0.1, 0.15) is 23.2 Å². The molecule has 1 unspecified atom stereocenters. The van der Waals surface area contributed by atoms with Crippen molar-refractivity contribution in [2.45, 2.75) is 18.9 Å². The molecule has 2 rings (SSSR count). The number of amides is 1. The van der Waals surface area contributed by atoms with Crippen LogP contribution in [0, 0.1) is 10.1 Å². The lowest BCUT2D eigenvalue weighted by Gasteiger charge is -2.27. The van der Waals surface area contributed by atoms with Crippen molar-refractivity contribution in [1.82, 2.24) is 9.80 Å². The van der Waals surface area contributed by atoms with Crippen LogP contribution in [0.5, 0.6) is 5.75 Å². The van der Waals surface area contributed by atoms with Crippen molar-refractivity contribution in [2.75, 3.05) is 27.2 Å². The molecule has 7 heteroatoms. The largest absolute Gasteiger partial charge is 0.502 e. The van der Waals surface area contributed by atoms with Crippen LogP contribution >= 0.6 is 0 Å². The van der Waals surface area contributed by atoms with Crippen molar-refractivity contribution < 1.29 is 14.8 Å². The number of nitro groups is 1. The molecule has 21 heavy (non-hydrogen) atoms. The van der Waals surface area contributed by atoms with Crippen LogP contribution in [-0.4, -0.2) is 59.0 Å². The van der Waals surface area contributed by atoms with Gasteiger partial charge in [-0.15, -0.1) is 0 Å². The first-order chi connectivity index (χ1) is 9.91. The molecule has 1 N–H and O–H groups in total. The Kier molecular flexibility index (Phi) is 4.42. The maximum atomic E-state index is 12.6. The highest BCUT2D eigenvalue weighted by molar-refractivity contribution is 5.98. The summed E-state index contributed by atoms with van der Waals surface area (Å²) in [4.78, 5) is 26.4. The highest BCUT2D eigenvalue weighted by Gasteiger charge is 2.32. The van der Waals surface area contributed by atoms with E-state index in [0.29, 0.717) is 6.54 Å². The van der Waals surface area contributed by atoms with Crippen LogP contribution in [-0.2, 0) is 0 Å². The van der Waals surface area contributed by atoms with Crippen molar-refractivity contribution in [3.8, 4) is 5.75 Å². The zero-order valence-corrected chi connectivity index (χ0v) is 12.2. The van der Waals surface area contributed by atoms with E-state index in [2.05, 4.69) is 0 Å². The van der Waals surface area contributed by atoms with E-state index in [1.807, 2.05) is 19.0 Å². The van der Waals surface area contributed by atoms with Gasteiger partial charge in [-0.3, -0.25) is 14.9 Å². The number of nitro benzene ring substituents is 1. The van der Waals surface area contributed by atoms with Gasteiger partial charge in [0.2, 0.25) is 5.75 Å². The lowest BCUT2D eigenvalue weighted by Crippen LogP contribution is -2.41. The summed E-state index contributed by atoms with van der Waals surface area (Å²) in [6.45, 7) is 1.35. The molecule has 0 bridgehead atoms. The molecule has 0 aliphatic carbocycles. The first-order valence-corrected chi connectivity index (χ1v) is 6.84. The highest BCUT2D eigenvalue weighted by Crippen LogP contribution is 2.31. The number of aromatic hydroxyl groups is 1. The van der Waals surface area contributed by atoms with E-state index in [9.17, 15) is 20.0 Å². The van der Waals surface area contributed by atoms with E-state index < -0.39 is 16.4 Å². The molecule has 7 nitrogen and oxygen atoms in total. The Hall–Kier alpha value is -2.15. The summed E-state index contributed by atoms with van der Waals surface area (Å²) >= 11 is 0. The van der Waals surface area contributed by atoms with E-state index >= 15 is 0 Å². The van der Waals surface area contributed by atoms with Gasteiger partial charge in [0, 0.05) is 25.2 Å². The monoisotopic (exact) mass is 293 g/mol. The number of nitrogens with zero attached hydrogens (tertiary/aromatic N) is 3. The molecular formula is C14H19N3O4. The van der Waals surface area contributed by atoms with Crippen molar-refractivity contribution in [1.29, 1.82) is 0 Å². The van der Waals surface area contributed by atoms with Crippen LogP contribution in [0.4, 0.5) is 5.69 Å². The number of hydrogen-bond donors (Lipinski definition) is 1. The number of rotatable bonds is 4. The fourth-order valence-electron chi connectivity index (χ4n) is 2.72. The lowest BCUT2D eigenvalue weighted by atomic mass is 10.1. The first-order valence-electron chi connectivity index (χ1n) is 6.84. The summed E-state index contributed by atoms with van der Waals surface area (Å²) in [5.41, 5.74) is -0.445. The van der Waals surface area contributed by atoms with Gasteiger partial charge in [-0.05, 0) is 33.0 Å². The first kappa shape index (κ1) is 15.2. The average Bonchev–Trinajstić information content (AvgIpc) is 2.85. The van der Waals surface area contributed by atoms with Gasteiger partial charge in [0.05, 0.1) is 10.5 Å². The number of likely N-dealkylation sites (N-methyl/N-ethyl adjacent to an activating group) is 1. The molecule has 1 saturated heterocycles. The Labute approximate surface area is 122 Å². The molecule has 1 fully saturated rings. The minimum Gasteiger partial charge on any atom is -0.502 e. The second kappa shape index (κ2) is 6.09. The number of hydrogen-bond acceptors (Lipinski definition) is 5. The molecule has 0 radical (unpaired) electrons. The quantitative estimate of drug-likeness (QED) is 0.671. The fourth-order valence-corrected chi connectivity index (χ4v) is 2.72. The van der Waals surface area contributed by atoms with Gasteiger partial charge in [-0.2, -0.15) is 0 Å². The molecule has 0 aromatic heterocycles.